The van der Waals surface area contributed by atoms with E-state index in [9.17, 15) is 0 Å². The van der Waals surface area contributed by atoms with Crippen molar-refractivity contribution >= 4 is 0 Å². The largest absolute Gasteiger partial charge is 0.327 e. The van der Waals surface area contributed by atoms with Gasteiger partial charge in [-0.25, -0.2) is 0 Å². The van der Waals surface area contributed by atoms with E-state index in [-0.39, 0.29) is 0 Å². The lowest BCUT2D eigenvalue weighted by Gasteiger charge is -2.38. The SMILES string of the molecule is CC1C2CCCC(C)(C1C)C2N. The van der Waals surface area contributed by atoms with Gasteiger partial charge in [0, 0.05) is 6.04 Å². The van der Waals surface area contributed by atoms with Gasteiger partial charge in [0.25, 0.3) is 0 Å². The quantitative estimate of drug-likeness (QED) is 0.589. The summed E-state index contributed by atoms with van der Waals surface area (Å²) in [4.78, 5) is 0. The van der Waals surface area contributed by atoms with Gasteiger partial charge in [0.05, 0.1) is 0 Å². The van der Waals surface area contributed by atoms with Gasteiger partial charge in [-0.2, -0.15) is 0 Å². The fraction of sp³-hybridized carbons (Fsp3) is 1.00. The van der Waals surface area contributed by atoms with Crippen molar-refractivity contribution in [3.8, 4) is 0 Å². The molecule has 2 aliphatic rings. The molecule has 0 aromatic heterocycles. The lowest BCUT2D eigenvalue weighted by molar-refractivity contribution is 0.155. The number of nitrogens with two attached hydrogens (primary N) is 1. The van der Waals surface area contributed by atoms with Crippen molar-refractivity contribution in [2.75, 3.05) is 0 Å². The van der Waals surface area contributed by atoms with E-state index in [1.165, 1.54) is 19.3 Å². The molecule has 0 amide bonds. The summed E-state index contributed by atoms with van der Waals surface area (Å²) >= 11 is 0. The second kappa shape index (κ2) is 2.47. The summed E-state index contributed by atoms with van der Waals surface area (Å²) in [6.45, 7) is 7.19. The molecule has 70 valence electrons. The highest BCUT2D eigenvalue weighted by molar-refractivity contribution is 5.06. The van der Waals surface area contributed by atoms with Crippen molar-refractivity contribution < 1.29 is 0 Å². The Morgan fingerprint density at radius 1 is 1.33 bits per heavy atom. The van der Waals surface area contributed by atoms with Crippen molar-refractivity contribution in [2.24, 2.45) is 28.9 Å². The number of rotatable bonds is 0. The van der Waals surface area contributed by atoms with Crippen LogP contribution in [0, 0.1) is 23.2 Å². The summed E-state index contributed by atoms with van der Waals surface area (Å²) in [6.07, 6.45) is 4.14. The van der Waals surface area contributed by atoms with Gasteiger partial charge < -0.3 is 5.73 Å². The van der Waals surface area contributed by atoms with Crippen LogP contribution in [0.4, 0.5) is 0 Å². The average Bonchev–Trinajstić information content (AvgIpc) is 2.20. The normalized spacial score (nSPS) is 59.0. The van der Waals surface area contributed by atoms with Crippen LogP contribution in [0.3, 0.4) is 0 Å². The molecular weight excluding hydrogens is 146 g/mol. The van der Waals surface area contributed by atoms with Gasteiger partial charge in [-0.3, -0.25) is 0 Å². The Kier molecular flexibility index (Phi) is 1.76. The fourth-order valence-electron chi connectivity index (χ4n) is 3.65. The standard InChI is InChI=1S/C11H21N/c1-7-8(2)11(3)6-4-5-9(7)10(11)12/h7-10H,4-6,12H2,1-3H3. The minimum atomic E-state index is 0.461. The van der Waals surface area contributed by atoms with E-state index < -0.39 is 0 Å². The molecule has 2 N–H and O–H groups in total. The number of hydrogen-bond donors (Lipinski definition) is 1. The van der Waals surface area contributed by atoms with Crippen molar-refractivity contribution in [3.63, 3.8) is 0 Å². The Morgan fingerprint density at radius 2 is 2.00 bits per heavy atom. The summed E-state index contributed by atoms with van der Waals surface area (Å²) in [7, 11) is 0. The molecule has 0 radical (unpaired) electrons. The van der Waals surface area contributed by atoms with Gasteiger partial charge in [-0.05, 0) is 36.0 Å². The highest BCUT2D eigenvalue weighted by Crippen LogP contribution is 2.56. The number of fused-ring (bicyclic) bond motifs is 2. The first-order chi connectivity index (χ1) is 5.57. The first-order valence-electron chi connectivity index (χ1n) is 5.33. The van der Waals surface area contributed by atoms with Crippen LogP contribution in [0.2, 0.25) is 0 Å². The number of hydrogen-bond acceptors (Lipinski definition) is 1. The Morgan fingerprint density at radius 3 is 2.50 bits per heavy atom. The smallest absolute Gasteiger partial charge is 0.0127 e. The van der Waals surface area contributed by atoms with Gasteiger partial charge >= 0.3 is 0 Å². The van der Waals surface area contributed by atoms with Crippen LogP contribution < -0.4 is 5.73 Å². The first kappa shape index (κ1) is 8.55. The van der Waals surface area contributed by atoms with Crippen molar-refractivity contribution in [2.45, 2.75) is 46.1 Å². The molecule has 1 heteroatoms. The Bertz CT molecular complexity index is 181. The molecule has 0 aromatic carbocycles. The average molecular weight is 167 g/mol. The third-order valence-corrected chi connectivity index (χ3v) is 4.98. The van der Waals surface area contributed by atoms with E-state index in [0.29, 0.717) is 11.5 Å². The van der Waals surface area contributed by atoms with E-state index in [0.717, 1.165) is 17.8 Å². The van der Waals surface area contributed by atoms with Crippen LogP contribution >= 0.6 is 0 Å². The summed E-state index contributed by atoms with van der Waals surface area (Å²) < 4.78 is 0. The maximum atomic E-state index is 6.30. The van der Waals surface area contributed by atoms with Crippen LogP contribution in [0.25, 0.3) is 0 Å². The molecule has 0 heterocycles. The van der Waals surface area contributed by atoms with E-state index in [2.05, 4.69) is 20.8 Å². The van der Waals surface area contributed by atoms with Gasteiger partial charge in [0.15, 0.2) is 0 Å². The lowest BCUT2D eigenvalue weighted by atomic mass is 9.70. The van der Waals surface area contributed by atoms with E-state index in [1.54, 1.807) is 0 Å². The zero-order chi connectivity index (χ0) is 8.93. The lowest BCUT2D eigenvalue weighted by Crippen LogP contribution is -2.43. The van der Waals surface area contributed by atoms with Crippen molar-refractivity contribution in [1.29, 1.82) is 0 Å². The van der Waals surface area contributed by atoms with Gasteiger partial charge in [0.2, 0.25) is 0 Å². The highest BCUT2D eigenvalue weighted by atomic mass is 14.8. The van der Waals surface area contributed by atoms with E-state index in [4.69, 9.17) is 5.73 Å². The van der Waals surface area contributed by atoms with Crippen LogP contribution in [0.15, 0.2) is 0 Å². The summed E-state index contributed by atoms with van der Waals surface area (Å²) in [5, 5.41) is 0. The molecule has 12 heavy (non-hydrogen) atoms. The molecule has 2 rings (SSSR count). The topological polar surface area (TPSA) is 26.0 Å². The van der Waals surface area contributed by atoms with E-state index in [1.807, 2.05) is 0 Å². The second-order valence-corrected chi connectivity index (χ2v) is 5.24. The zero-order valence-electron chi connectivity index (χ0n) is 8.51. The second-order valence-electron chi connectivity index (χ2n) is 5.24. The predicted molar refractivity (Wildman–Crippen MR) is 51.8 cm³/mol. The van der Waals surface area contributed by atoms with Crippen molar-refractivity contribution in [3.05, 3.63) is 0 Å². The maximum absolute atomic E-state index is 6.30. The molecule has 2 saturated carbocycles. The first-order valence-corrected chi connectivity index (χ1v) is 5.33. The summed E-state index contributed by atoms with van der Waals surface area (Å²) in [5.74, 6) is 2.51. The molecule has 2 fully saturated rings. The monoisotopic (exact) mass is 167 g/mol. The molecule has 5 atom stereocenters. The van der Waals surface area contributed by atoms with Crippen LogP contribution in [-0.2, 0) is 0 Å². The summed E-state index contributed by atoms with van der Waals surface area (Å²) in [6, 6.07) is 0.483. The Balaban J connectivity index is 2.33. The molecule has 0 aliphatic heterocycles. The van der Waals surface area contributed by atoms with E-state index >= 15 is 0 Å². The van der Waals surface area contributed by atoms with Gasteiger partial charge in [-0.1, -0.05) is 27.2 Å². The third kappa shape index (κ3) is 0.834. The summed E-state index contributed by atoms with van der Waals surface area (Å²) in [5.41, 5.74) is 6.76. The zero-order valence-corrected chi connectivity index (χ0v) is 8.51. The highest BCUT2D eigenvalue weighted by Gasteiger charge is 2.53. The molecular formula is C11H21N. The Labute approximate surface area is 75.7 Å². The predicted octanol–water partition coefficient (Wildman–Crippen LogP) is 2.41. The van der Waals surface area contributed by atoms with Crippen LogP contribution in [0.5, 0.6) is 0 Å². The third-order valence-electron chi connectivity index (χ3n) is 4.98. The minimum Gasteiger partial charge on any atom is -0.327 e. The molecule has 2 aliphatic carbocycles. The van der Waals surface area contributed by atoms with Gasteiger partial charge in [-0.15, -0.1) is 0 Å². The molecule has 0 aromatic rings. The molecule has 1 nitrogen and oxygen atoms in total. The Hall–Kier alpha value is -0.0400. The molecule has 0 saturated heterocycles. The van der Waals surface area contributed by atoms with Crippen LogP contribution in [0.1, 0.15) is 40.0 Å². The van der Waals surface area contributed by atoms with Crippen LogP contribution in [-0.4, -0.2) is 6.04 Å². The molecule has 2 bridgehead atoms. The molecule has 5 unspecified atom stereocenters. The van der Waals surface area contributed by atoms with Crippen molar-refractivity contribution in [1.82, 2.24) is 0 Å². The molecule has 0 spiro atoms. The minimum absolute atomic E-state index is 0.461. The fourth-order valence-corrected chi connectivity index (χ4v) is 3.65. The maximum Gasteiger partial charge on any atom is 0.0127 e. The van der Waals surface area contributed by atoms with Gasteiger partial charge in [0.1, 0.15) is 0 Å².